The van der Waals surface area contributed by atoms with E-state index in [1.165, 1.54) is 19.2 Å². The van der Waals surface area contributed by atoms with Crippen molar-refractivity contribution in [2.45, 2.75) is 6.92 Å². The first-order chi connectivity index (χ1) is 7.13. The number of aromatic amines is 1. The van der Waals surface area contributed by atoms with Crippen molar-refractivity contribution in [3.63, 3.8) is 0 Å². The van der Waals surface area contributed by atoms with Crippen molar-refractivity contribution in [2.24, 2.45) is 0 Å². The summed E-state index contributed by atoms with van der Waals surface area (Å²) in [6.45, 7) is 1.75. The van der Waals surface area contributed by atoms with Gasteiger partial charge in [-0.3, -0.25) is 9.20 Å². The summed E-state index contributed by atoms with van der Waals surface area (Å²) in [5.41, 5.74) is 1.56. The maximum atomic E-state index is 11.5. The van der Waals surface area contributed by atoms with Crippen LogP contribution >= 0.6 is 0 Å². The molecular weight excluding hydrogens is 196 g/mol. The summed E-state index contributed by atoms with van der Waals surface area (Å²) in [4.78, 5) is 25.5. The summed E-state index contributed by atoms with van der Waals surface area (Å²) >= 11 is 0. The molecule has 2 heterocycles. The summed E-state index contributed by atoms with van der Waals surface area (Å²) < 4.78 is 6.26. The highest BCUT2D eigenvalue weighted by Crippen LogP contribution is 2.10. The minimum Gasteiger partial charge on any atom is -0.464 e. The molecule has 0 saturated carbocycles. The zero-order valence-electron chi connectivity index (χ0n) is 8.40. The molecule has 0 aliphatic rings. The Morgan fingerprint density at radius 2 is 2.27 bits per heavy atom. The number of methoxy groups -OCH3 is 1. The van der Waals surface area contributed by atoms with Gasteiger partial charge in [0.25, 0.3) is 0 Å². The van der Waals surface area contributed by atoms with E-state index in [0.29, 0.717) is 17.0 Å². The topological polar surface area (TPSA) is 63.6 Å². The first-order valence-corrected chi connectivity index (χ1v) is 4.43. The number of nitrogens with zero attached hydrogens (tertiary/aromatic N) is 1. The molecule has 1 N–H and O–H groups in total. The fraction of sp³-hybridized carbons (Fsp3) is 0.200. The number of hydrogen-bond acceptors (Lipinski definition) is 3. The molecule has 15 heavy (non-hydrogen) atoms. The number of aryl methyl sites for hydroxylation is 1. The molecular formula is C10H10N2O3. The molecule has 0 fully saturated rings. The minimum atomic E-state index is -0.428. The Labute approximate surface area is 85.3 Å². The van der Waals surface area contributed by atoms with Crippen molar-refractivity contribution in [1.29, 1.82) is 0 Å². The maximum absolute atomic E-state index is 11.5. The lowest BCUT2D eigenvalue weighted by molar-refractivity contribution is 0.0592. The summed E-state index contributed by atoms with van der Waals surface area (Å²) in [6, 6.07) is 2.83. The number of esters is 1. The van der Waals surface area contributed by atoms with E-state index in [4.69, 9.17) is 0 Å². The van der Waals surface area contributed by atoms with Crippen LogP contribution in [0.1, 0.15) is 16.2 Å². The van der Waals surface area contributed by atoms with Gasteiger partial charge in [-0.25, -0.2) is 4.79 Å². The molecule has 0 atom stereocenters. The Bertz CT molecular complexity index is 580. The third-order valence-electron chi connectivity index (χ3n) is 2.22. The van der Waals surface area contributed by atoms with Gasteiger partial charge in [0.2, 0.25) is 0 Å². The van der Waals surface area contributed by atoms with Crippen LogP contribution in [0, 0.1) is 6.92 Å². The number of rotatable bonds is 1. The molecule has 0 radical (unpaired) electrons. The zero-order valence-corrected chi connectivity index (χ0v) is 8.40. The van der Waals surface area contributed by atoms with Crippen molar-refractivity contribution in [3.8, 4) is 0 Å². The third kappa shape index (κ3) is 1.41. The molecule has 5 nitrogen and oxygen atoms in total. The number of H-pyrrole nitrogens is 1. The molecule has 0 bridgehead atoms. The van der Waals surface area contributed by atoms with Crippen LogP contribution in [-0.2, 0) is 4.74 Å². The van der Waals surface area contributed by atoms with Gasteiger partial charge >= 0.3 is 5.97 Å². The summed E-state index contributed by atoms with van der Waals surface area (Å²) in [7, 11) is 1.32. The number of pyridine rings is 1. The van der Waals surface area contributed by atoms with Gasteiger partial charge in [0.05, 0.1) is 7.11 Å². The monoisotopic (exact) mass is 206 g/mol. The Kier molecular flexibility index (Phi) is 2.07. The second-order valence-corrected chi connectivity index (χ2v) is 3.21. The highest BCUT2D eigenvalue weighted by Gasteiger charge is 2.15. The lowest BCUT2D eigenvalue weighted by Gasteiger charge is -1.99. The van der Waals surface area contributed by atoms with Gasteiger partial charge < -0.3 is 9.72 Å². The predicted molar refractivity (Wildman–Crippen MR) is 54.1 cm³/mol. The Morgan fingerprint density at radius 3 is 2.93 bits per heavy atom. The Morgan fingerprint density at radius 1 is 1.53 bits per heavy atom. The third-order valence-corrected chi connectivity index (χ3v) is 2.22. The second kappa shape index (κ2) is 3.27. The molecule has 78 valence electrons. The number of carbonyl (C=O) groups excluding carboxylic acids is 1. The van der Waals surface area contributed by atoms with Crippen LogP contribution in [0.5, 0.6) is 0 Å². The number of nitrogens with one attached hydrogen (secondary N) is 1. The van der Waals surface area contributed by atoms with Crippen LogP contribution in [-0.4, -0.2) is 22.5 Å². The van der Waals surface area contributed by atoms with Crippen LogP contribution in [0.15, 0.2) is 23.1 Å². The lowest BCUT2D eigenvalue weighted by atomic mass is 10.3. The molecule has 5 heteroatoms. The van der Waals surface area contributed by atoms with Crippen molar-refractivity contribution < 1.29 is 9.53 Å². The van der Waals surface area contributed by atoms with Gasteiger partial charge in [0.1, 0.15) is 5.65 Å². The number of imidazole rings is 1. The minimum absolute atomic E-state index is 0.104. The zero-order chi connectivity index (χ0) is 11.0. The van der Waals surface area contributed by atoms with Crippen molar-refractivity contribution in [2.75, 3.05) is 7.11 Å². The van der Waals surface area contributed by atoms with E-state index in [2.05, 4.69) is 9.72 Å². The van der Waals surface area contributed by atoms with Crippen LogP contribution in [0.4, 0.5) is 0 Å². The van der Waals surface area contributed by atoms with E-state index in [1.807, 2.05) is 0 Å². The molecule has 0 aromatic carbocycles. The highest BCUT2D eigenvalue weighted by molar-refractivity contribution is 5.89. The van der Waals surface area contributed by atoms with Crippen LogP contribution < -0.4 is 5.43 Å². The molecule has 2 aromatic heterocycles. The van der Waals surface area contributed by atoms with E-state index in [1.54, 1.807) is 17.5 Å². The van der Waals surface area contributed by atoms with Gasteiger partial charge in [-0.05, 0) is 6.92 Å². The SMILES string of the molecule is COC(=O)c1c(C)[nH]c2cc(=O)ccn12. The van der Waals surface area contributed by atoms with E-state index in [0.717, 1.165) is 0 Å². The van der Waals surface area contributed by atoms with E-state index in [-0.39, 0.29) is 5.43 Å². The maximum Gasteiger partial charge on any atom is 0.356 e. The number of aromatic nitrogens is 2. The van der Waals surface area contributed by atoms with Crippen molar-refractivity contribution in [3.05, 3.63) is 39.9 Å². The van der Waals surface area contributed by atoms with Gasteiger partial charge in [-0.1, -0.05) is 0 Å². The molecule has 0 saturated heterocycles. The fourth-order valence-corrected chi connectivity index (χ4v) is 1.55. The van der Waals surface area contributed by atoms with Crippen molar-refractivity contribution in [1.82, 2.24) is 9.38 Å². The number of carbonyl (C=O) groups is 1. The average Bonchev–Trinajstić information content (AvgIpc) is 2.52. The first kappa shape index (κ1) is 9.51. The highest BCUT2D eigenvalue weighted by atomic mass is 16.5. The molecule has 0 amide bonds. The normalized spacial score (nSPS) is 10.5. The van der Waals surface area contributed by atoms with E-state index < -0.39 is 5.97 Å². The second-order valence-electron chi connectivity index (χ2n) is 3.21. The van der Waals surface area contributed by atoms with E-state index >= 15 is 0 Å². The standard InChI is InChI=1S/C10H10N2O3/c1-6-9(10(14)15-2)12-4-3-7(13)5-8(12)11-6/h3-5,11H,1-2H3. The van der Waals surface area contributed by atoms with E-state index in [9.17, 15) is 9.59 Å². The number of ether oxygens (including phenoxy) is 1. The molecule has 2 rings (SSSR count). The Balaban J connectivity index is 2.79. The first-order valence-electron chi connectivity index (χ1n) is 4.43. The van der Waals surface area contributed by atoms with Crippen LogP contribution in [0.25, 0.3) is 5.65 Å². The van der Waals surface area contributed by atoms with Crippen molar-refractivity contribution >= 4 is 11.6 Å². The lowest BCUT2D eigenvalue weighted by Crippen LogP contribution is -2.08. The van der Waals surface area contributed by atoms with Gasteiger partial charge in [0, 0.05) is 24.0 Å². The molecule has 0 spiro atoms. The smallest absolute Gasteiger partial charge is 0.356 e. The molecule has 0 unspecified atom stereocenters. The largest absolute Gasteiger partial charge is 0.464 e. The number of hydrogen-bond donors (Lipinski definition) is 1. The van der Waals surface area contributed by atoms with Gasteiger partial charge in [-0.15, -0.1) is 0 Å². The number of fused-ring (bicyclic) bond motifs is 1. The Hall–Kier alpha value is -2.04. The van der Waals surface area contributed by atoms with Gasteiger partial charge in [-0.2, -0.15) is 0 Å². The molecule has 2 aromatic rings. The molecule has 0 aliphatic heterocycles. The summed E-state index contributed by atoms with van der Waals surface area (Å²) in [5, 5.41) is 0. The van der Waals surface area contributed by atoms with Gasteiger partial charge in [0.15, 0.2) is 11.1 Å². The summed E-state index contributed by atoms with van der Waals surface area (Å²) in [5.74, 6) is -0.428. The van der Waals surface area contributed by atoms with Crippen LogP contribution in [0.2, 0.25) is 0 Å². The quantitative estimate of drug-likeness (QED) is 0.699. The predicted octanol–water partition coefficient (Wildman–Crippen LogP) is 0.723. The van der Waals surface area contributed by atoms with Crippen LogP contribution in [0.3, 0.4) is 0 Å². The average molecular weight is 206 g/mol. The molecule has 0 aliphatic carbocycles. The fourth-order valence-electron chi connectivity index (χ4n) is 1.55. The summed E-state index contributed by atoms with van der Waals surface area (Å²) in [6.07, 6.45) is 1.55.